The molecule has 1 unspecified atom stereocenters. The Kier molecular flexibility index (Phi) is 7.95. The van der Waals surface area contributed by atoms with E-state index >= 15 is 0 Å². The fourth-order valence-corrected chi connectivity index (χ4v) is 4.84. The average molecular weight is 524 g/mol. The number of hydrogen-bond donors (Lipinski definition) is 1. The molecule has 0 aliphatic rings. The van der Waals surface area contributed by atoms with Crippen molar-refractivity contribution in [1.29, 1.82) is 0 Å². The van der Waals surface area contributed by atoms with Gasteiger partial charge in [0.25, 0.3) is 0 Å². The zero-order chi connectivity index (χ0) is 23.0. The van der Waals surface area contributed by atoms with Gasteiger partial charge < -0.3 is 13.8 Å². The van der Waals surface area contributed by atoms with E-state index in [4.69, 9.17) is 13.8 Å². The highest BCUT2D eigenvalue weighted by molar-refractivity contribution is 9.10. The Morgan fingerprint density at radius 1 is 0.848 bits per heavy atom. The number of nitrogens with one attached hydrogen (secondary N) is 1. The summed E-state index contributed by atoms with van der Waals surface area (Å²) in [5.41, 5.74) is 0.928. The Hall–Kier alpha value is -2.92. The first kappa shape index (κ1) is 23.2. The molecule has 0 aliphatic carbocycles. The van der Waals surface area contributed by atoms with Crippen LogP contribution in [0, 0.1) is 0 Å². The molecular weight excluding hydrogens is 501 g/mol. The number of esters is 1. The van der Waals surface area contributed by atoms with Crippen LogP contribution in [0.1, 0.15) is 12.5 Å². The SMILES string of the molecule is C[C@H](NP(Oc1ccccc1Br)Oc1cccc2ccccc12)C(=O)OCc1ccccc1. The van der Waals surface area contributed by atoms with Crippen molar-refractivity contribution in [3.05, 3.63) is 107 Å². The minimum absolute atomic E-state index is 0.207. The van der Waals surface area contributed by atoms with Crippen LogP contribution in [0.15, 0.2) is 102 Å². The summed E-state index contributed by atoms with van der Waals surface area (Å²) in [7, 11) is -1.72. The van der Waals surface area contributed by atoms with Gasteiger partial charge in [-0.25, -0.2) is 5.09 Å². The van der Waals surface area contributed by atoms with Crippen molar-refractivity contribution in [1.82, 2.24) is 5.09 Å². The summed E-state index contributed by atoms with van der Waals surface area (Å²) in [5, 5.41) is 5.19. The first-order chi connectivity index (χ1) is 16.1. The highest BCUT2D eigenvalue weighted by Gasteiger charge is 2.25. The molecular formula is C26H23BrNO4P. The average Bonchev–Trinajstić information content (AvgIpc) is 2.84. The van der Waals surface area contributed by atoms with Gasteiger partial charge in [0, 0.05) is 5.39 Å². The quantitative estimate of drug-likeness (QED) is 0.189. The monoisotopic (exact) mass is 523 g/mol. The molecule has 0 amide bonds. The minimum Gasteiger partial charge on any atom is -0.460 e. The molecule has 168 valence electrons. The molecule has 0 fully saturated rings. The highest BCUT2D eigenvalue weighted by Crippen LogP contribution is 2.42. The lowest BCUT2D eigenvalue weighted by Crippen LogP contribution is -2.34. The maximum atomic E-state index is 12.6. The summed E-state index contributed by atoms with van der Waals surface area (Å²) >= 11 is 3.51. The van der Waals surface area contributed by atoms with Crippen LogP contribution in [0.2, 0.25) is 0 Å². The number of carbonyl (C=O) groups is 1. The van der Waals surface area contributed by atoms with Gasteiger partial charge >= 0.3 is 14.5 Å². The third-order valence-corrected chi connectivity index (χ3v) is 6.80. The van der Waals surface area contributed by atoms with E-state index in [0.29, 0.717) is 11.5 Å². The smallest absolute Gasteiger partial charge is 0.382 e. The molecule has 33 heavy (non-hydrogen) atoms. The molecule has 0 saturated heterocycles. The summed E-state index contributed by atoms with van der Waals surface area (Å²) in [6.45, 7) is 1.94. The molecule has 4 aromatic carbocycles. The summed E-state index contributed by atoms with van der Waals surface area (Å²) in [4.78, 5) is 12.6. The van der Waals surface area contributed by atoms with Crippen molar-refractivity contribution in [2.45, 2.75) is 19.6 Å². The Labute approximate surface area is 202 Å². The minimum atomic E-state index is -1.72. The van der Waals surface area contributed by atoms with Gasteiger partial charge in [0.2, 0.25) is 0 Å². The zero-order valence-electron chi connectivity index (χ0n) is 18.0. The Morgan fingerprint density at radius 2 is 1.48 bits per heavy atom. The molecule has 0 heterocycles. The predicted molar refractivity (Wildman–Crippen MR) is 135 cm³/mol. The molecule has 4 aromatic rings. The van der Waals surface area contributed by atoms with Crippen LogP contribution in [0.3, 0.4) is 0 Å². The van der Waals surface area contributed by atoms with Crippen LogP contribution in [-0.2, 0) is 16.1 Å². The largest absolute Gasteiger partial charge is 0.460 e. The van der Waals surface area contributed by atoms with E-state index in [1.807, 2.05) is 97.1 Å². The maximum absolute atomic E-state index is 12.6. The zero-order valence-corrected chi connectivity index (χ0v) is 20.5. The van der Waals surface area contributed by atoms with E-state index in [-0.39, 0.29) is 12.6 Å². The van der Waals surface area contributed by atoms with Crippen LogP contribution in [-0.4, -0.2) is 12.0 Å². The van der Waals surface area contributed by atoms with Gasteiger partial charge in [-0.1, -0.05) is 78.9 Å². The lowest BCUT2D eigenvalue weighted by atomic mass is 10.1. The number of para-hydroxylation sites is 1. The molecule has 0 saturated carbocycles. The van der Waals surface area contributed by atoms with E-state index in [0.717, 1.165) is 20.8 Å². The second kappa shape index (κ2) is 11.3. The molecule has 1 N–H and O–H groups in total. The van der Waals surface area contributed by atoms with Crippen molar-refractivity contribution in [3.63, 3.8) is 0 Å². The van der Waals surface area contributed by atoms with Crippen molar-refractivity contribution < 1.29 is 18.6 Å². The van der Waals surface area contributed by atoms with E-state index < -0.39 is 14.6 Å². The Morgan fingerprint density at radius 3 is 2.30 bits per heavy atom. The molecule has 4 rings (SSSR count). The standard InChI is InChI=1S/C26H23BrNO4P/c1-19(26(29)30-18-20-10-3-2-4-11-20)28-33(32-25-16-8-7-15-23(25)27)31-24-17-9-13-21-12-5-6-14-22(21)24/h2-17,19,28H,18H2,1H3/t19-,33?/m0/s1. The van der Waals surface area contributed by atoms with Gasteiger partial charge in [-0.05, 0) is 52.0 Å². The normalized spacial score (nSPS) is 12.7. The van der Waals surface area contributed by atoms with Crippen LogP contribution in [0.25, 0.3) is 10.8 Å². The van der Waals surface area contributed by atoms with Crippen LogP contribution in [0.4, 0.5) is 0 Å². The molecule has 0 bridgehead atoms. The second-order valence-electron chi connectivity index (χ2n) is 7.29. The summed E-state index contributed by atoms with van der Waals surface area (Å²) in [5.74, 6) is 0.897. The van der Waals surface area contributed by atoms with Crippen molar-refractivity contribution in [3.8, 4) is 11.5 Å². The van der Waals surface area contributed by atoms with Gasteiger partial charge in [-0.15, -0.1) is 0 Å². The fraction of sp³-hybridized carbons (Fsp3) is 0.115. The van der Waals surface area contributed by atoms with Gasteiger partial charge in [0.1, 0.15) is 24.1 Å². The molecule has 5 nitrogen and oxygen atoms in total. The van der Waals surface area contributed by atoms with E-state index in [9.17, 15) is 4.79 Å². The van der Waals surface area contributed by atoms with E-state index in [1.54, 1.807) is 6.92 Å². The first-order valence-electron chi connectivity index (χ1n) is 10.5. The molecule has 0 aromatic heterocycles. The second-order valence-corrected chi connectivity index (χ2v) is 9.28. The summed E-state index contributed by atoms with van der Waals surface area (Å²) in [6.07, 6.45) is 0. The van der Waals surface area contributed by atoms with Gasteiger partial charge in [0.15, 0.2) is 0 Å². The van der Waals surface area contributed by atoms with Gasteiger partial charge in [-0.2, -0.15) is 0 Å². The van der Waals surface area contributed by atoms with E-state index in [1.165, 1.54) is 0 Å². The molecule has 0 aliphatic heterocycles. The number of hydrogen-bond acceptors (Lipinski definition) is 5. The number of halogens is 1. The predicted octanol–water partition coefficient (Wildman–Crippen LogP) is 7.01. The molecule has 7 heteroatoms. The maximum Gasteiger partial charge on any atom is 0.382 e. The first-order valence-corrected chi connectivity index (χ1v) is 12.4. The van der Waals surface area contributed by atoms with Gasteiger partial charge in [-0.3, -0.25) is 4.79 Å². The summed E-state index contributed by atoms with van der Waals surface area (Å²) in [6, 6.07) is 30.2. The number of ether oxygens (including phenoxy) is 1. The van der Waals surface area contributed by atoms with Crippen LogP contribution in [0.5, 0.6) is 11.5 Å². The number of fused-ring (bicyclic) bond motifs is 1. The third-order valence-electron chi connectivity index (χ3n) is 4.83. The Bertz CT molecular complexity index is 1220. The lowest BCUT2D eigenvalue weighted by Gasteiger charge is -2.23. The lowest BCUT2D eigenvalue weighted by molar-refractivity contribution is -0.146. The topological polar surface area (TPSA) is 56.8 Å². The van der Waals surface area contributed by atoms with Gasteiger partial charge in [0.05, 0.1) is 4.47 Å². The number of benzene rings is 4. The number of carbonyl (C=O) groups excluding carboxylic acids is 1. The summed E-state index contributed by atoms with van der Waals surface area (Å²) < 4.78 is 18.7. The third kappa shape index (κ3) is 6.32. The van der Waals surface area contributed by atoms with Crippen LogP contribution < -0.4 is 14.1 Å². The van der Waals surface area contributed by atoms with Crippen molar-refractivity contribution >= 4 is 41.2 Å². The van der Waals surface area contributed by atoms with E-state index in [2.05, 4.69) is 21.0 Å². The number of rotatable bonds is 9. The van der Waals surface area contributed by atoms with Crippen molar-refractivity contribution in [2.75, 3.05) is 0 Å². The fourth-order valence-electron chi connectivity index (χ4n) is 3.11. The molecule has 2 atom stereocenters. The van der Waals surface area contributed by atoms with Crippen LogP contribution >= 0.6 is 24.5 Å². The van der Waals surface area contributed by atoms with Crippen molar-refractivity contribution in [2.24, 2.45) is 0 Å². The Balaban J connectivity index is 1.50. The highest BCUT2D eigenvalue weighted by atomic mass is 79.9. The molecule has 0 spiro atoms. The molecule has 0 radical (unpaired) electrons.